The van der Waals surface area contributed by atoms with Gasteiger partial charge in [0.1, 0.15) is 5.82 Å². The second-order valence-electron chi connectivity index (χ2n) is 4.20. The Labute approximate surface area is 100 Å². The number of nitrogens with zero attached hydrogens (tertiary/aromatic N) is 3. The highest BCUT2D eigenvalue weighted by Gasteiger charge is 2.23. The Bertz CT molecular complexity index is 391. The Kier molecular flexibility index (Phi) is 3.53. The maximum absolute atomic E-state index is 11.9. The molecule has 92 valence electrons. The number of nitrogens with one attached hydrogen (secondary N) is 1. The number of aromatic nitrogens is 2. The lowest BCUT2D eigenvalue weighted by Gasteiger charge is -2.14. The van der Waals surface area contributed by atoms with Crippen LogP contribution in [0.5, 0.6) is 0 Å². The van der Waals surface area contributed by atoms with Crippen LogP contribution in [0.1, 0.15) is 12.2 Å². The van der Waals surface area contributed by atoms with Gasteiger partial charge in [-0.3, -0.25) is 4.79 Å². The lowest BCUT2D eigenvalue weighted by atomic mass is 10.3. The van der Waals surface area contributed by atoms with Crippen LogP contribution in [0.2, 0.25) is 0 Å². The first-order valence-corrected chi connectivity index (χ1v) is 5.71. The molecule has 3 N–H and O–H groups in total. The Morgan fingerprint density at radius 1 is 1.59 bits per heavy atom. The normalized spacial score (nSPS) is 19.4. The number of nitrogens with two attached hydrogens (primary N) is 1. The highest BCUT2D eigenvalue weighted by atomic mass is 16.2. The van der Waals surface area contributed by atoms with Crippen LogP contribution in [0.15, 0.2) is 12.4 Å². The lowest BCUT2D eigenvalue weighted by Crippen LogP contribution is -2.33. The zero-order chi connectivity index (χ0) is 12.3. The molecule has 6 heteroatoms. The number of carbonyl (C=O) groups is 1. The van der Waals surface area contributed by atoms with Crippen LogP contribution >= 0.6 is 0 Å². The standard InChI is InChI=1S/C11H17N5O/c1-13-9-5-14-10(15-6-9)4-11(17)16-3-2-8(12)7-16/h5-6,8,13H,2-4,7,12H2,1H3. The van der Waals surface area contributed by atoms with Crippen molar-refractivity contribution in [2.24, 2.45) is 5.73 Å². The Balaban J connectivity index is 1.93. The molecule has 1 aliphatic rings. The zero-order valence-electron chi connectivity index (χ0n) is 9.89. The van der Waals surface area contributed by atoms with Crippen molar-refractivity contribution in [2.45, 2.75) is 18.9 Å². The molecule has 0 aromatic carbocycles. The summed E-state index contributed by atoms with van der Waals surface area (Å²) < 4.78 is 0. The molecule has 0 aliphatic carbocycles. The number of hydrogen-bond acceptors (Lipinski definition) is 5. The van der Waals surface area contributed by atoms with Crippen LogP contribution in [-0.4, -0.2) is 47.0 Å². The molecule has 2 heterocycles. The van der Waals surface area contributed by atoms with Crippen LogP contribution in [0.3, 0.4) is 0 Å². The number of likely N-dealkylation sites (tertiary alicyclic amines) is 1. The van der Waals surface area contributed by atoms with Crippen LogP contribution in [0.25, 0.3) is 0 Å². The van der Waals surface area contributed by atoms with Gasteiger partial charge in [0.2, 0.25) is 5.91 Å². The van der Waals surface area contributed by atoms with Gasteiger partial charge in [-0.15, -0.1) is 0 Å². The topological polar surface area (TPSA) is 84.1 Å². The van der Waals surface area contributed by atoms with Crippen molar-refractivity contribution in [1.82, 2.24) is 14.9 Å². The van der Waals surface area contributed by atoms with Crippen molar-refractivity contribution < 1.29 is 4.79 Å². The van der Waals surface area contributed by atoms with Crippen molar-refractivity contribution in [3.63, 3.8) is 0 Å². The smallest absolute Gasteiger partial charge is 0.230 e. The Hall–Kier alpha value is -1.69. The fourth-order valence-corrected chi connectivity index (χ4v) is 1.84. The van der Waals surface area contributed by atoms with E-state index in [9.17, 15) is 4.79 Å². The quantitative estimate of drug-likeness (QED) is 0.746. The summed E-state index contributed by atoms with van der Waals surface area (Å²) in [6.45, 7) is 1.39. The highest BCUT2D eigenvalue weighted by molar-refractivity contribution is 5.78. The molecule has 1 aromatic rings. The molecule has 0 spiro atoms. The first-order chi connectivity index (χ1) is 8.19. The van der Waals surface area contributed by atoms with E-state index in [1.165, 1.54) is 0 Å². The maximum Gasteiger partial charge on any atom is 0.230 e. The average molecular weight is 235 g/mol. The molecule has 1 atom stereocenters. The van der Waals surface area contributed by atoms with E-state index in [-0.39, 0.29) is 18.4 Å². The van der Waals surface area contributed by atoms with Gasteiger partial charge in [0, 0.05) is 26.2 Å². The van der Waals surface area contributed by atoms with E-state index in [1.807, 2.05) is 0 Å². The summed E-state index contributed by atoms with van der Waals surface area (Å²) in [5, 5.41) is 2.93. The predicted molar refractivity (Wildman–Crippen MR) is 64.5 cm³/mol. The summed E-state index contributed by atoms with van der Waals surface area (Å²) in [5.74, 6) is 0.602. The molecule has 0 radical (unpaired) electrons. The molecule has 0 bridgehead atoms. The van der Waals surface area contributed by atoms with E-state index in [4.69, 9.17) is 5.73 Å². The molecule has 17 heavy (non-hydrogen) atoms. The van der Waals surface area contributed by atoms with E-state index in [2.05, 4.69) is 15.3 Å². The van der Waals surface area contributed by atoms with Gasteiger partial charge >= 0.3 is 0 Å². The minimum atomic E-state index is 0.0511. The summed E-state index contributed by atoms with van der Waals surface area (Å²) in [5.41, 5.74) is 6.60. The van der Waals surface area contributed by atoms with Gasteiger partial charge in [0.25, 0.3) is 0 Å². The second-order valence-corrected chi connectivity index (χ2v) is 4.20. The first kappa shape index (κ1) is 11.8. The zero-order valence-corrected chi connectivity index (χ0v) is 9.89. The maximum atomic E-state index is 11.9. The number of rotatable bonds is 3. The van der Waals surface area contributed by atoms with Crippen molar-refractivity contribution in [3.05, 3.63) is 18.2 Å². The van der Waals surface area contributed by atoms with Gasteiger partial charge in [-0.1, -0.05) is 0 Å². The predicted octanol–water partition coefficient (Wildman–Crippen LogP) is -0.380. The number of anilines is 1. The largest absolute Gasteiger partial charge is 0.386 e. The molecule has 0 saturated carbocycles. The van der Waals surface area contributed by atoms with Crippen molar-refractivity contribution >= 4 is 11.6 Å². The molecule has 1 aliphatic heterocycles. The number of amides is 1. The summed E-state index contributed by atoms with van der Waals surface area (Å²) >= 11 is 0. The van der Waals surface area contributed by atoms with Crippen LogP contribution in [0.4, 0.5) is 5.69 Å². The van der Waals surface area contributed by atoms with Crippen LogP contribution in [0, 0.1) is 0 Å². The molecule has 1 aromatic heterocycles. The molecule has 2 rings (SSSR count). The average Bonchev–Trinajstić information content (AvgIpc) is 2.77. The third kappa shape index (κ3) is 2.91. The van der Waals surface area contributed by atoms with Crippen molar-refractivity contribution in [3.8, 4) is 0 Å². The fourth-order valence-electron chi connectivity index (χ4n) is 1.84. The number of hydrogen-bond donors (Lipinski definition) is 2. The van der Waals surface area contributed by atoms with Crippen LogP contribution in [-0.2, 0) is 11.2 Å². The minimum absolute atomic E-state index is 0.0511. The molecule has 1 saturated heterocycles. The first-order valence-electron chi connectivity index (χ1n) is 5.71. The van der Waals surface area contributed by atoms with E-state index >= 15 is 0 Å². The van der Waals surface area contributed by atoms with Gasteiger partial charge in [0.15, 0.2) is 0 Å². The highest BCUT2D eigenvalue weighted by Crippen LogP contribution is 2.09. The number of carbonyl (C=O) groups excluding carboxylic acids is 1. The van der Waals surface area contributed by atoms with Crippen molar-refractivity contribution in [1.29, 1.82) is 0 Å². The molecule has 1 amide bonds. The van der Waals surface area contributed by atoms with Gasteiger partial charge < -0.3 is 16.0 Å². The Morgan fingerprint density at radius 2 is 2.29 bits per heavy atom. The van der Waals surface area contributed by atoms with Gasteiger partial charge in [0.05, 0.1) is 24.5 Å². The summed E-state index contributed by atoms with van der Waals surface area (Å²) in [7, 11) is 1.80. The summed E-state index contributed by atoms with van der Waals surface area (Å²) in [4.78, 5) is 21.9. The molecule has 1 unspecified atom stereocenters. The fraction of sp³-hybridized carbons (Fsp3) is 0.545. The minimum Gasteiger partial charge on any atom is -0.386 e. The van der Waals surface area contributed by atoms with Crippen LogP contribution < -0.4 is 11.1 Å². The van der Waals surface area contributed by atoms with Gasteiger partial charge in [-0.05, 0) is 6.42 Å². The second kappa shape index (κ2) is 5.09. The third-order valence-electron chi connectivity index (χ3n) is 2.88. The third-order valence-corrected chi connectivity index (χ3v) is 2.88. The Morgan fingerprint density at radius 3 is 2.82 bits per heavy atom. The van der Waals surface area contributed by atoms with E-state index in [0.717, 1.165) is 18.7 Å². The van der Waals surface area contributed by atoms with Gasteiger partial charge in [-0.25, -0.2) is 9.97 Å². The van der Waals surface area contributed by atoms with E-state index < -0.39 is 0 Å². The molecule has 6 nitrogen and oxygen atoms in total. The summed E-state index contributed by atoms with van der Waals surface area (Å²) in [6.07, 6.45) is 4.47. The summed E-state index contributed by atoms with van der Waals surface area (Å²) in [6, 6.07) is 0.117. The lowest BCUT2D eigenvalue weighted by molar-refractivity contribution is -0.129. The van der Waals surface area contributed by atoms with E-state index in [1.54, 1.807) is 24.3 Å². The molecule has 1 fully saturated rings. The van der Waals surface area contributed by atoms with E-state index in [0.29, 0.717) is 12.4 Å². The molecular weight excluding hydrogens is 218 g/mol. The van der Waals surface area contributed by atoms with Gasteiger partial charge in [-0.2, -0.15) is 0 Å². The monoisotopic (exact) mass is 235 g/mol. The SMILES string of the molecule is CNc1cnc(CC(=O)N2CCC(N)C2)nc1. The molecular formula is C11H17N5O. The van der Waals surface area contributed by atoms with Crippen molar-refractivity contribution in [2.75, 3.05) is 25.5 Å².